The summed E-state index contributed by atoms with van der Waals surface area (Å²) in [6.07, 6.45) is -2.78. The van der Waals surface area contributed by atoms with E-state index in [2.05, 4.69) is 14.8 Å². The summed E-state index contributed by atoms with van der Waals surface area (Å²) in [5.41, 5.74) is 5.65. The number of benzene rings is 2. The molecule has 3 rings (SSSR count). The van der Waals surface area contributed by atoms with Crippen LogP contribution in [0.25, 0.3) is 22.2 Å². The predicted molar refractivity (Wildman–Crippen MR) is 108 cm³/mol. The van der Waals surface area contributed by atoms with E-state index < -0.39 is 12.1 Å². The first-order valence-electron chi connectivity index (χ1n) is 9.70. The number of nitrogens with one attached hydrogen (secondary N) is 1. The largest absolute Gasteiger partial charge is 0.492 e. The van der Waals surface area contributed by atoms with Crippen LogP contribution in [0.4, 0.5) is 13.2 Å². The molecule has 1 N–H and O–H groups in total. The second-order valence-electron chi connectivity index (χ2n) is 7.71. The van der Waals surface area contributed by atoms with E-state index in [-0.39, 0.29) is 19.0 Å². The highest BCUT2D eigenvalue weighted by atomic mass is 19.4. The Labute approximate surface area is 172 Å². The van der Waals surface area contributed by atoms with Crippen molar-refractivity contribution in [3.63, 3.8) is 0 Å². The summed E-state index contributed by atoms with van der Waals surface area (Å²) in [5.74, 6) is -1.94. The molecule has 3 aromatic rings. The lowest BCUT2D eigenvalue weighted by Gasteiger charge is -2.22. The number of halogens is 3. The molecule has 0 aliphatic carbocycles. The van der Waals surface area contributed by atoms with Crippen molar-refractivity contribution in [2.45, 2.75) is 39.9 Å². The van der Waals surface area contributed by atoms with Crippen molar-refractivity contribution in [3.05, 3.63) is 53.9 Å². The molecule has 160 valence electrons. The molecule has 0 saturated carbocycles. The number of imidazole rings is 1. The van der Waals surface area contributed by atoms with Crippen LogP contribution < -0.4 is 0 Å². The molecular formula is C22H24F3N3O2. The number of fused-ring (bicyclic) bond motifs is 1. The van der Waals surface area contributed by atoms with Crippen molar-refractivity contribution in [3.8, 4) is 11.1 Å². The van der Waals surface area contributed by atoms with Gasteiger partial charge < -0.3 is 9.82 Å². The minimum absolute atomic E-state index is 0.0756. The Kier molecular flexibility index (Phi) is 6.45. The number of alkyl halides is 3. The molecular weight excluding hydrogens is 395 g/mol. The maximum atomic E-state index is 12.6. The van der Waals surface area contributed by atoms with Crippen molar-refractivity contribution >= 4 is 17.0 Å². The number of aromatic amines is 1. The number of H-pyrrole nitrogens is 1. The van der Waals surface area contributed by atoms with Crippen LogP contribution in [0.15, 0.2) is 42.7 Å². The van der Waals surface area contributed by atoms with Gasteiger partial charge in [-0.15, -0.1) is 5.06 Å². The van der Waals surface area contributed by atoms with Crippen molar-refractivity contribution in [1.82, 2.24) is 15.0 Å². The van der Waals surface area contributed by atoms with Crippen molar-refractivity contribution in [2.75, 3.05) is 6.54 Å². The Bertz CT molecular complexity index is 1010. The summed E-state index contributed by atoms with van der Waals surface area (Å²) in [6, 6.07) is 11.5. The third-order valence-electron chi connectivity index (χ3n) is 4.79. The zero-order valence-electron chi connectivity index (χ0n) is 17.1. The Morgan fingerprint density at radius 2 is 1.90 bits per heavy atom. The summed E-state index contributed by atoms with van der Waals surface area (Å²) in [4.78, 5) is 23.2. The van der Waals surface area contributed by atoms with Gasteiger partial charge in [-0.05, 0) is 53.6 Å². The average molecular weight is 419 g/mol. The Balaban J connectivity index is 1.76. The van der Waals surface area contributed by atoms with Gasteiger partial charge in [-0.3, -0.25) is 0 Å². The highest BCUT2D eigenvalue weighted by molar-refractivity contribution is 5.83. The number of aryl methyl sites for hydroxylation is 1. The van der Waals surface area contributed by atoms with E-state index in [1.165, 1.54) is 0 Å². The second-order valence-corrected chi connectivity index (χ2v) is 7.71. The topological polar surface area (TPSA) is 58.2 Å². The number of carbonyl (C=O) groups is 1. The van der Waals surface area contributed by atoms with Gasteiger partial charge in [0.15, 0.2) is 0 Å². The zero-order chi connectivity index (χ0) is 21.9. The van der Waals surface area contributed by atoms with Gasteiger partial charge in [0.25, 0.3) is 0 Å². The Hall–Kier alpha value is -2.87. The molecule has 0 saturated heterocycles. The number of carbonyl (C=O) groups excluding carboxylic acids is 1. The molecule has 0 aliphatic heterocycles. The van der Waals surface area contributed by atoms with Gasteiger partial charge in [-0.2, -0.15) is 13.2 Å². The normalized spacial score (nSPS) is 12.1. The molecule has 0 aliphatic rings. The van der Waals surface area contributed by atoms with Crippen LogP contribution in [0.1, 0.15) is 31.4 Å². The van der Waals surface area contributed by atoms with Crippen LogP contribution in [0.5, 0.6) is 0 Å². The van der Waals surface area contributed by atoms with Gasteiger partial charge in [0.1, 0.15) is 0 Å². The third-order valence-corrected chi connectivity index (χ3v) is 4.79. The summed E-state index contributed by atoms with van der Waals surface area (Å²) in [7, 11) is 0. The summed E-state index contributed by atoms with van der Waals surface area (Å²) >= 11 is 0. The number of aromatic nitrogens is 2. The number of nitrogens with zero attached hydrogens (tertiary/aromatic N) is 2. The molecule has 0 atom stereocenters. The molecule has 0 spiro atoms. The molecule has 0 radical (unpaired) electrons. The zero-order valence-corrected chi connectivity index (χ0v) is 17.1. The second kappa shape index (κ2) is 8.87. The van der Waals surface area contributed by atoms with E-state index in [9.17, 15) is 18.0 Å². The molecule has 8 heteroatoms. The fraction of sp³-hybridized carbons (Fsp3) is 0.364. The van der Waals surface area contributed by atoms with Crippen molar-refractivity contribution < 1.29 is 22.8 Å². The van der Waals surface area contributed by atoms with E-state index >= 15 is 0 Å². The molecule has 5 nitrogen and oxygen atoms in total. The fourth-order valence-corrected chi connectivity index (χ4v) is 3.12. The molecule has 0 unspecified atom stereocenters. The summed E-state index contributed by atoms with van der Waals surface area (Å²) in [6.45, 7) is 6.21. The molecule has 2 aromatic carbocycles. The SMILES string of the molecule is Cc1cc2[nH]cnc2cc1-c1ccc(CN(CCC(C)C)OC(=O)C(F)(F)F)cc1. The van der Waals surface area contributed by atoms with Crippen LogP contribution in [0, 0.1) is 12.8 Å². The first-order chi connectivity index (χ1) is 14.1. The quantitative estimate of drug-likeness (QED) is 0.521. The molecule has 0 fully saturated rings. The fourth-order valence-electron chi connectivity index (χ4n) is 3.12. The van der Waals surface area contributed by atoms with E-state index in [4.69, 9.17) is 0 Å². The van der Waals surface area contributed by atoms with Gasteiger partial charge >= 0.3 is 12.1 Å². The molecule has 0 amide bonds. The van der Waals surface area contributed by atoms with E-state index in [0.717, 1.165) is 38.4 Å². The lowest BCUT2D eigenvalue weighted by Crippen LogP contribution is -2.35. The van der Waals surface area contributed by atoms with Crippen LogP contribution in [0.3, 0.4) is 0 Å². The monoisotopic (exact) mass is 419 g/mol. The predicted octanol–water partition coefficient (Wildman–Crippen LogP) is 5.41. The van der Waals surface area contributed by atoms with Crippen molar-refractivity contribution in [1.29, 1.82) is 0 Å². The Morgan fingerprint density at radius 3 is 2.53 bits per heavy atom. The van der Waals surface area contributed by atoms with E-state index in [0.29, 0.717) is 6.42 Å². The van der Waals surface area contributed by atoms with E-state index in [1.807, 2.05) is 57.2 Å². The summed E-state index contributed by atoms with van der Waals surface area (Å²) < 4.78 is 37.8. The van der Waals surface area contributed by atoms with Gasteiger partial charge in [-0.1, -0.05) is 38.1 Å². The van der Waals surface area contributed by atoms with Gasteiger partial charge in [0, 0.05) is 6.54 Å². The molecule has 30 heavy (non-hydrogen) atoms. The maximum Gasteiger partial charge on any atom is 0.492 e. The number of hydrogen-bond donors (Lipinski definition) is 1. The standard InChI is InChI=1S/C22H24F3N3O2/c1-14(2)8-9-28(30-21(29)22(23,24)25)12-16-4-6-17(7-5-16)18-11-20-19(10-15(18)3)26-13-27-20/h4-7,10-11,13-14H,8-9,12H2,1-3H3,(H,26,27). The lowest BCUT2D eigenvalue weighted by molar-refractivity contribution is -0.241. The minimum Gasteiger partial charge on any atom is -0.360 e. The average Bonchev–Trinajstić information content (AvgIpc) is 3.12. The highest BCUT2D eigenvalue weighted by Gasteiger charge is 2.42. The molecule has 1 aromatic heterocycles. The lowest BCUT2D eigenvalue weighted by atomic mass is 9.98. The van der Waals surface area contributed by atoms with Crippen LogP contribution in [-0.4, -0.2) is 33.7 Å². The highest BCUT2D eigenvalue weighted by Crippen LogP contribution is 2.28. The van der Waals surface area contributed by atoms with Crippen molar-refractivity contribution in [2.24, 2.45) is 5.92 Å². The minimum atomic E-state index is -5.03. The Morgan fingerprint density at radius 1 is 1.20 bits per heavy atom. The molecule has 1 heterocycles. The van der Waals surface area contributed by atoms with Gasteiger partial charge in [0.2, 0.25) is 0 Å². The number of hydrogen-bond acceptors (Lipinski definition) is 4. The third kappa shape index (κ3) is 5.38. The van der Waals surface area contributed by atoms with E-state index in [1.54, 1.807) is 6.33 Å². The van der Waals surface area contributed by atoms with Crippen LogP contribution >= 0.6 is 0 Å². The van der Waals surface area contributed by atoms with Crippen LogP contribution in [0.2, 0.25) is 0 Å². The smallest absolute Gasteiger partial charge is 0.360 e. The van der Waals surface area contributed by atoms with Crippen LogP contribution in [-0.2, 0) is 16.2 Å². The number of hydroxylamine groups is 2. The molecule has 0 bridgehead atoms. The van der Waals surface area contributed by atoms with Gasteiger partial charge in [-0.25, -0.2) is 9.78 Å². The maximum absolute atomic E-state index is 12.6. The summed E-state index contributed by atoms with van der Waals surface area (Å²) in [5, 5.41) is 1.08. The first-order valence-corrected chi connectivity index (χ1v) is 9.70. The van der Waals surface area contributed by atoms with Gasteiger partial charge in [0.05, 0.1) is 23.9 Å². The number of rotatable bonds is 7. The first kappa shape index (κ1) is 21.8.